The highest BCUT2D eigenvalue weighted by Gasteiger charge is 2.27. The number of rotatable bonds is 0. The van der Waals surface area contributed by atoms with Gasteiger partial charge in [-0.15, -0.1) is 11.6 Å². The fraction of sp³-hybridized carbons (Fsp3) is 0.500. The van der Waals surface area contributed by atoms with Crippen LogP contribution in [0, 0.1) is 0 Å². The molecule has 5 heteroatoms. The van der Waals surface area contributed by atoms with E-state index in [0.29, 0.717) is 0 Å². The van der Waals surface area contributed by atoms with Gasteiger partial charge in [-0.1, -0.05) is 0 Å². The molecule has 9 heavy (non-hydrogen) atoms. The van der Waals surface area contributed by atoms with Gasteiger partial charge in [0, 0.05) is 0 Å². The zero-order valence-electron chi connectivity index (χ0n) is 4.69. The van der Waals surface area contributed by atoms with Crippen LogP contribution in [0.5, 0.6) is 0 Å². The Labute approximate surface area is 57.1 Å². The number of hydrogen-bond donors (Lipinski definition) is 2. The van der Waals surface area contributed by atoms with Gasteiger partial charge in [0.15, 0.2) is 0 Å². The van der Waals surface area contributed by atoms with Crippen molar-refractivity contribution >= 4 is 23.4 Å². The molecule has 1 aliphatic heterocycles. The molecule has 1 aliphatic rings. The number of halogens is 1. The number of alkyl halides is 1. The summed E-state index contributed by atoms with van der Waals surface area (Å²) in [7, 11) is 0. The van der Waals surface area contributed by atoms with Gasteiger partial charge in [-0.2, -0.15) is 0 Å². The van der Waals surface area contributed by atoms with Crippen LogP contribution in [-0.4, -0.2) is 17.2 Å². The molecule has 1 rings (SSSR count). The highest BCUT2D eigenvalue weighted by molar-refractivity contribution is 6.35. The van der Waals surface area contributed by atoms with Gasteiger partial charge >= 0.3 is 0 Å². The average molecular weight is 151 g/mol. The average Bonchev–Trinajstić information content (AvgIpc) is 1.85. The van der Waals surface area contributed by atoms with E-state index in [1.807, 2.05) is 0 Å². The van der Waals surface area contributed by atoms with Crippen LogP contribution in [0.1, 0.15) is 6.42 Å². The number of carbonyl (C=O) groups is 2. The Balaban J connectivity index is 0.000000640. The van der Waals surface area contributed by atoms with Crippen LogP contribution < -0.4 is 11.5 Å². The first kappa shape index (κ1) is 8.39. The van der Waals surface area contributed by atoms with Gasteiger partial charge in [-0.25, -0.2) is 0 Å². The SMILES string of the molecule is N.O=C1CC(Cl)C(=O)N1. The first-order valence-electron chi connectivity index (χ1n) is 2.18. The topological polar surface area (TPSA) is 81.2 Å². The maximum absolute atomic E-state index is 10.3. The summed E-state index contributed by atoms with van der Waals surface area (Å²) in [5.74, 6) is -0.660. The van der Waals surface area contributed by atoms with E-state index in [-0.39, 0.29) is 24.4 Å². The molecule has 1 heterocycles. The molecule has 0 aromatic carbocycles. The summed E-state index contributed by atoms with van der Waals surface area (Å²) in [5.41, 5.74) is 0. The second-order valence-corrected chi connectivity index (χ2v) is 2.11. The van der Waals surface area contributed by atoms with Gasteiger partial charge in [-0.05, 0) is 0 Å². The van der Waals surface area contributed by atoms with Gasteiger partial charge in [0.1, 0.15) is 5.38 Å². The lowest BCUT2D eigenvalue weighted by molar-refractivity contribution is -0.124. The van der Waals surface area contributed by atoms with Crippen LogP contribution >= 0.6 is 11.6 Å². The lowest BCUT2D eigenvalue weighted by Crippen LogP contribution is -2.21. The summed E-state index contributed by atoms with van der Waals surface area (Å²) in [5, 5.41) is 1.42. The van der Waals surface area contributed by atoms with E-state index in [0.717, 1.165) is 0 Å². The van der Waals surface area contributed by atoms with E-state index in [4.69, 9.17) is 11.6 Å². The van der Waals surface area contributed by atoms with E-state index in [1.54, 1.807) is 0 Å². The molecule has 4 nitrogen and oxygen atoms in total. The van der Waals surface area contributed by atoms with Crippen molar-refractivity contribution in [2.75, 3.05) is 0 Å². The summed E-state index contributed by atoms with van der Waals surface area (Å²) in [6, 6.07) is 0. The monoisotopic (exact) mass is 150 g/mol. The van der Waals surface area contributed by atoms with Crippen molar-refractivity contribution in [2.24, 2.45) is 0 Å². The predicted octanol–water partition coefficient (Wildman–Crippen LogP) is -0.198. The maximum Gasteiger partial charge on any atom is 0.245 e. The molecular weight excluding hydrogens is 144 g/mol. The molecule has 0 aromatic heterocycles. The fourth-order valence-electron chi connectivity index (χ4n) is 0.522. The molecular formula is C4H7ClN2O2. The Morgan fingerprint density at radius 1 is 1.56 bits per heavy atom. The molecule has 1 unspecified atom stereocenters. The first-order chi connectivity index (χ1) is 3.70. The Morgan fingerprint density at radius 2 is 2.11 bits per heavy atom. The molecule has 0 aliphatic carbocycles. The molecule has 1 atom stereocenters. The normalized spacial score (nSPS) is 25.2. The molecule has 0 bridgehead atoms. The first-order valence-corrected chi connectivity index (χ1v) is 2.61. The van der Waals surface area contributed by atoms with Crippen LogP contribution in [0.25, 0.3) is 0 Å². The molecule has 4 N–H and O–H groups in total. The van der Waals surface area contributed by atoms with Gasteiger partial charge in [0.25, 0.3) is 0 Å². The molecule has 0 saturated carbocycles. The van der Waals surface area contributed by atoms with E-state index in [9.17, 15) is 9.59 Å². The van der Waals surface area contributed by atoms with Crippen LogP contribution in [0.3, 0.4) is 0 Å². The maximum atomic E-state index is 10.3. The van der Waals surface area contributed by atoms with Crippen molar-refractivity contribution in [1.82, 2.24) is 11.5 Å². The van der Waals surface area contributed by atoms with E-state index >= 15 is 0 Å². The Morgan fingerprint density at radius 3 is 2.22 bits per heavy atom. The van der Waals surface area contributed by atoms with E-state index < -0.39 is 5.38 Å². The largest absolute Gasteiger partial charge is 0.344 e. The summed E-state index contributed by atoms with van der Waals surface area (Å²) < 4.78 is 0. The van der Waals surface area contributed by atoms with E-state index in [2.05, 4.69) is 5.32 Å². The number of amides is 2. The van der Waals surface area contributed by atoms with Crippen molar-refractivity contribution in [3.63, 3.8) is 0 Å². The summed E-state index contributed by atoms with van der Waals surface area (Å²) in [6.45, 7) is 0. The summed E-state index contributed by atoms with van der Waals surface area (Å²) in [6.07, 6.45) is 0.125. The van der Waals surface area contributed by atoms with Crippen molar-refractivity contribution in [3.8, 4) is 0 Å². The standard InChI is InChI=1S/C4H4ClNO2.H3N/c5-2-1-3(7)6-4(2)8;/h2H,1H2,(H,6,7,8);1H3. The highest BCUT2D eigenvalue weighted by atomic mass is 35.5. The van der Waals surface area contributed by atoms with Crippen molar-refractivity contribution in [3.05, 3.63) is 0 Å². The van der Waals surface area contributed by atoms with Crippen LogP contribution in [0.15, 0.2) is 0 Å². The number of imide groups is 1. The molecule has 52 valence electrons. The summed E-state index contributed by atoms with van der Waals surface area (Å²) in [4.78, 5) is 20.6. The highest BCUT2D eigenvalue weighted by Crippen LogP contribution is 2.07. The number of hydrogen-bond acceptors (Lipinski definition) is 3. The van der Waals surface area contributed by atoms with Crippen molar-refractivity contribution in [2.45, 2.75) is 11.8 Å². The lowest BCUT2D eigenvalue weighted by Gasteiger charge is -1.85. The van der Waals surface area contributed by atoms with Gasteiger partial charge in [0.2, 0.25) is 11.8 Å². The third kappa shape index (κ3) is 1.65. The Hall–Kier alpha value is -0.610. The fourth-order valence-corrected chi connectivity index (χ4v) is 0.717. The van der Waals surface area contributed by atoms with Gasteiger partial charge in [-0.3, -0.25) is 14.9 Å². The van der Waals surface area contributed by atoms with Crippen molar-refractivity contribution < 1.29 is 9.59 Å². The zero-order chi connectivity index (χ0) is 6.15. The van der Waals surface area contributed by atoms with Crippen LogP contribution in [0.2, 0.25) is 0 Å². The lowest BCUT2D eigenvalue weighted by atomic mass is 10.4. The third-order valence-corrected chi connectivity index (χ3v) is 1.26. The van der Waals surface area contributed by atoms with Gasteiger partial charge in [0.05, 0.1) is 6.42 Å². The second kappa shape index (κ2) is 2.80. The molecule has 0 spiro atoms. The van der Waals surface area contributed by atoms with Crippen LogP contribution in [-0.2, 0) is 9.59 Å². The Bertz CT molecular complexity index is 148. The van der Waals surface area contributed by atoms with Gasteiger partial charge < -0.3 is 6.15 Å². The minimum Gasteiger partial charge on any atom is -0.344 e. The minimum absolute atomic E-state index is 0. The quantitative estimate of drug-likeness (QED) is 0.371. The molecule has 1 fully saturated rings. The zero-order valence-corrected chi connectivity index (χ0v) is 5.44. The summed E-state index contributed by atoms with van der Waals surface area (Å²) >= 11 is 5.32. The predicted molar refractivity (Wildman–Crippen MR) is 32.4 cm³/mol. The number of nitrogens with one attached hydrogen (secondary N) is 1. The van der Waals surface area contributed by atoms with Crippen LogP contribution in [0.4, 0.5) is 0 Å². The minimum atomic E-state index is -0.637. The Kier molecular flexibility index (Phi) is 2.61. The molecule has 0 aromatic rings. The smallest absolute Gasteiger partial charge is 0.245 e. The molecule has 1 saturated heterocycles. The van der Waals surface area contributed by atoms with E-state index in [1.165, 1.54) is 0 Å². The molecule has 2 amide bonds. The third-order valence-electron chi connectivity index (χ3n) is 0.912. The molecule has 0 radical (unpaired) electrons. The number of carbonyl (C=O) groups excluding carboxylic acids is 2. The van der Waals surface area contributed by atoms with Crippen molar-refractivity contribution in [1.29, 1.82) is 0 Å². The second-order valence-electron chi connectivity index (χ2n) is 1.58.